The lowest BCUT2D eigenvalue weighted by atomic mass is 9.89. The van der Waals surface area contributed by atoms with Gasteiger partial charge in [-0.15, -0.1) is 6.58 Å². The van der Waals surface area contributed by atoms with Gasteiger partial charge < -0.3 is 24.5 Å². The van der Waals surface area contributed by atoms with Gasteiger partial charge in [-0.05, 0) is 32.4 Å². The fraction of sp³-hybridized carbons (Fsp3) is 0.240. The van der Waals surface area contributed by atoms with Crippen LogP contribution in [0, 0.1) is 5.92 Å². The van der Waals surface area contributed by atoms with Gasteiger partial charge in [0.25, 0.3) is 0 Å². The van der Waals surface area contributed by atoms with E-state index < -0.39 is 11.5 Å². The molecular formula is C25H24O6. The molecule has 0 spiro atoms. The highest BCUT2D eigenvalue weighted by molar-refractivity contribution is 5.91. The average molecular weight is 420 g/mol. The number of phenols is 3. The van der Waals surface area contributed by atoms with Crippen molar-refractivity contribution in [3.05, 3.63) is 69.9 Å². The van der Waals surface area contributed by atoms with Gasteiger partial charge in [-0.3, -0.25) is 4.79 Å². The number of hydrogen-bond acceptors (Lipinski definition) is 6. The van der Waals surface area contributed by atoms with Crippen molar-refractivity contribution in [1.29, 1.82) is 0 Å². The van der Waals surface area contributed by atoms with Crippen LogP contribution >= 0.6 is 0 Å². The van der Waals surface area contributed by atoms with Crippen LogP contribution in [0.2, 0.25) is 0 Å². The zero-order valence-electron chi connectivity index (χ0n) is 17.6. The number of allylic oxidation sites excluding steroid dienone is 2. The second-order valence-electron chi connectivity index (χ2n) is 8.07. The first-order valence-electron chi connectivity index (χ1n) is 10.0. The number of fused-ring (bicyclic) bond motifs is 4. The summed E-state index contributed by atoms with van der Waals surface area (Å²) < 4.78 is 12.3. The molecule has 2 atom stereocenters. The smallest absolute Gasteiger partial charge is 0.204 e. The van der Waals surface area contributed by atoms with E-state index in [0.717, 1.165) is 5.57 Å². The van der Waals surface area contributed by atoms with Gasteiger partial charge in [0.15, 0.2) is 0 Å². The molecule has 1 aliphatic rings. The zero-order chi connectivity index (χ0) is 22.4. The van der Waals surface area contributed by atoms with Crippen molar-refractivity contribution in [3.63, 3.8) is 0 Å². The fourth-order valence-corrected chi connectivity index (χ4v) is 3.85. The lowest BCUT2D eigenvalue weighted by Gasteiger charge is -2.30. The number of rotatable bonds is 4. The molecule has 1 aliphatic heterocycles. The van der Waals surface area contributed by atoms with Crippen molar-refractivity contribution in [3.8, 4) is 34.3 Å². The Morgan fingerprint density at radius 2 is 1.94 bits per heavy atom. The summed E-state index contributed by atoms with van der Waals surface area (Å²) in [4.78, 5) is 13.6. The highest BCUT2D eigenvalue weighted by Crippen LogP contribution is 2.47. The van der Waals surface area contributed by atoms with Crippen LogP contribution in [0.1, 0.15) is 38.0 Å². The lowest BCUT2D eigenvalue weighted by molar-refractivity contribution is 0.159. The van der Waals surface area contributed by atoms with Crippen molar-refractivity contribution in [2.75, 3.05) is 0 Å². The quantitative estimate of drug-likeness (QED) is 0.493. The standard InChI is InChI=1S/C25H24O6/c1-5-13(4)23-21-22(29)20-18(28)11-17(27)15(8-6-12(2)3)24(20)31-25(21)16-9-7-14(26)10-19(16)30-23/h5-7,9-11,13,23,26-28H,1,8H2,2-4H3. The summed E-state index contributed by atoms with van der Waals surface area (Å²) in [6, 6.07) is 5.74. The van der Waals surface area contributed by atoms with Crippen molar-refractivity contribution < 1.29 is 24.5 Å². The van der Waals surface area contributed by atoms with E-state index >= 15 is 0 Å². The van der Waals surface area contributed by atoms with Crippen LogP contribution in [0.15, 0.2) is 57.8 Å². The van der Waals surface area contributed by atoms with Crippen molar-refractivity contribution in [2.45, 2.75) is 33.3 Å². The molecule has 31 heavy (non-hydrogen) atoms. The zero-order valence-corrected chi connectivity index (χ0v) is 17.6. The number of ether oxygens (including phenoxy) is 1. The predicted octanol–water partition coefficient (Wildman–Crippen LogP) is 5.34. The van der Waals surface area contributed by atoms with Gasteiger partial charge in [-0.2, -0.15) is 0 Å². The van der Waals surface area contributed by atoms with Gasteiger partial charge in [0.2, 0.25) is 5.43 Å². The van der Waals surface area contributed by atoms with E-state index in [-0.39, 0.29) is 39.7 Å². The Balaban J connectivity index is 2.13. The second-order valence-corrected chi connectivity index (χ2v) is 8.07. The van der Waals surface area contributed by atoms with E-state index in [2.05, 4.69) is 6.58 Å². The van der Waals surface area contributed by atoms with Crippen molar-refractivity contribution >= 4 is 11.0 Å². The molecule has 0 bridgehead atoms. The fourth-order valence-electron chi connectivity index (χ4n) is 3.85. The first-order chi connectivity index (χ1) is 14.7. The maximum Gasteiger partial charge on any atom is 0.204 e. The van der Waals surface area contributed by atoms with E-state index in [1.165, 1.54) is 18.2 Å². The molecule has 0 fully saturated rings. The van der Waals surface area contributed by atoms with E-state index in [1.54, 1.807) is 12.1 Å². The molecule has 0 saturated heterocycles. The van der Waals surface area contributed by atoms with Crippen molar-refractivity contribution in [1.82, 2.24) is 0 Å². The Morgan fingerprint density at radius 3 is 2.61 bits per heavy atom. The normalized spacial score (nSPS) is 15.5. The molecule has 0 radical (unpaired) electrons. The Kier molecular flexibility index (Phi) is 5.01. The molecular weight excluding hydrogens is 396 g/mol. The van der Waals surface area contributed by atoms with E-state index in [9.17, 15) is 20.1 Å². The van der Waals surface area contributed by atoms with E-state index in [4.69, 9.17) is 9.15 Å². The van der Waals surface area contributed by atoms with Gasteiger partial charge in [0, 0.05) is 23.6 Å². The second kappa shape index (κ2) is 7.54. The molecule has 6 nitrogen and oxygen atoms in total. The first-order valence-corrected chi connectivity index (χ1v) is 10.0. The monoisotopic (exact) mass is 420 g/mol. The number of benzene rings is 2. The number of phenolic OH excluding ortho intramolecular Hbond substituents is 3. The van der Waals surface area contributed by atoms with E-state index in [1.807, 2.05) is 26.8 Å². The van der Waals surface area contributed by atoms with Gasteiger partial charge in [-0.25, -0.2) is 0 Å². The third-order valence-corrected chi connectivity index (χ3v) is 5.57. The molecule has 0 saturated carbocycles. The molecule has 2 aromatic carbocycles. The lowest BCUT2D eigenvalue weighted by Crippen LogP contribution is -2.27. The molecule has 3 aromatic rings. The Hall–Kier alpha value is -3.67. The maximum absolute atomic E-state index is 13.6. The highest BCUT2D eigenvalue weighted by atomic mass is 16.5. The minimum absolute atomic E-state index is 0.000738. The largest absolute Gasteiger partial charge is 0.508 e. The number of hydrogen-bond donors (Lipinski definition) is 3. The minimum Gasteiger partial charge on any atom is -0.508 e. The van der Waals surface area contributed by atoms with Crippen LogP contribution in [0.3, 0.4) is 0 Å². The van der Waals surface area contributed by atoms with Gasteiger partial charge in [-0.1, -0.05) is 24.6 Å². The first kappa shape index (κ1) is 20.6. The maximum atomic E-state index is 13.6. The summed E-state index contributed by atoms with van der Waals surface area (Å²) in [5.74, 6) is -0.0650. The minimum atomic E-state index is -0.711. The van der Waals surface area contributed by atoms with Crippen LogP contribution in [0.25, 0.3) is 22.3 Å². The SMILES string of the molecule is C=CC(C)C1Oc2cc(O)ccc2-c2oc3c(CC=C(C)C)c(O)cc(O)c3c(=O)c21. The molecule has 3 N–H and O–H groups in total. The van der Waals surface area contributed by atoms with Crippen LogP contribution < -0.4 is 10.2 Å². The Bertz CT molecular complexity index is 1290. The van der Waals surface area contributed by atoms with Crippen molar-refractivity contribution in [2.24, 2.45) is 5.92 Å². The summed E-state index contributed by atoms with van der Waals surface area (Å²) in [7, 11) is 0. The topological polar surface area (TPSA) is 100 Å². The highest BCUT2D eigenvalue weighted by Gasteiger charge is 2.35. The molecule has 6 heteroatoms. The van der Waals surface area contributed by atoms with Crippen LogP contribution in [-0.4, -0.2) is 15.3 Å². The van der Waals surface area contributed by atoms with Gasteiger partial charge in [0.1, 0.15) is 45.8 Å². The summed E-state index contributed by atoms with van der Waals surface area (Å²) >= 11 is 0. The van der Waals surface area contributed by atoms with Gasteiger partial charge in [0.05, 0.1) is 11.1 Å². The van der Waals surface area contributed by atoms with Crippen LogP contribution in [0.5, 0.6) is 23.0 Å². The molecule has 4 rings (SSSR count). The van der Waals surface area contributed by atoms with E-state index in [0.29, 0.717) is 29.1 Å². The summed E-state index contributed by atoms with van der Waals surface area (Å²) in [6.45, 7) is 9.52. The summed E-state index contributed by atoms with van der Waals surface area (Å²) in [5.41, 5.74) is 1.93. The third-order valence-electron chi connectivity index (χ3n) is 5.57. The number of aromatic hydroxyl groups is 3. The predicted molar refractivity (Wildman–Crippen MR) is 119 cm³/mol. The summed E-state index contributed by atoms with van der Waals surface area (Å²) in [6.07, 6.45) is 3.20. The van der Waals surface area contributed by atoms with Crippen LogP contribution in [-0.2, 0) is 6.42 Å². The molecule has 160 valence electrons. The Morgan fingerprint density at radius 1 is 1.19 bits per heavy atom. The molecule has 0 amide bonds. The Labute approximate surface area is 179 Å². The third kappa shape index (κ3) is 3.34. The molecule has 1 aromatic heterocycles. The average Bonchev–Trinajstić information content (AvgIpc) is 2.71. The molecule has 0 aliphatic carbocycles. The molecule has 2 heterocycles. The molecule has 2 unspecified atom stereocenters. The summed E-state index contributed by atoms with van der Waals surface area (Å²) in [5, 5.41) is 30.9. The van der Waals surface area contributed by atoms with Gasteiger partial charge >= 0.3 is 0 Å². The van der Waals surface area contributed by atoms with Crippen LogP contribution in [0.4, 0.5) is 0 Å².